The molecule has 0 aliphatic heterocycles. The Hall–Kier alpha value is -6.90. The van der Waals surface area contributed by atoms with Gasteiger partial charge in [-0.25, -0.2) is 0 Å². The molecule has 11 rings (SSSR count). The average Bonchev–Trinajstić information content (AvgIpc) is 3.80. The van der Waals surface area contributed by atoms with Crippen molar-refractivity contribution in [3.8, 4) is 33.4 Å². The molecule has 69 heavy (non-hydrogen) atoms. The smallest absolute Gasteiger partial charge is 0.0467 e. The van der Waals surface area contributed by atoms with Gasteiger partial charge in [0, 0.05) is 50.4 Å². The summed E-state index contributed by atoms with van der Waals surface area (Å²) in [5, 5.41) is 0. The van der Waals surface area contributed by atoms with Gasteiger partial charge in [0.2, 0.25) is 0 Å². The molecule has 0 amide bonds. The summed E-state index contributed by atoms with van der Waals surface area (Å²) in [6.45, 7) is 16.6. The third-order valence-corrected chi connectivity index (χ3v) is 17.2. The molecule has 0 aromatic heterocycles. The van der Waals surface area contributed by atoms with E-state index in [0.29, 0.717) is 0 Å². The molecule has 1 unspecified atom stereocenters. The number of rotatable bonds is 12. The second-order valence-electron chi connectivity index (χ2n) is 20.3. The zero-order valence-corrected chi connectivity index (χ0v) is 41.7. The molecule has 2 nitrogen and oxygen atoms in total. The molecular formula is C67H66N2. The van der Waals surface area contributed by atoms with Gasteiger partial charge in [-0.05, 0) is 192 Å². The number of fused-ring (bicyclic) bond motifs is 6. The third kappa shape index (κ3) is 6.96. The number of allylic oxidation sites excluding steroid dienone is 7. The lowest BCUT2D eigenvalue weighted by atomic mass is 9.57. The van der Waals surface area contributed by atoms with E-state index in [4.69, 9.17) is 0 Å². The summed E-state index contributed by atoms with van der Waals surface area (Å²) in [5.74, 6) is 0. The summed E-state index contributed by atoms with van der Waals surface area (Å²) in [4.78, 5) is 5.02. The first kappa shape index (κ1) is 44.6. The van der Waals surface area contributed by atoms with Crippen LogP contribution in [-0.4, -0.2) is 0 Å². The Kier molecular flexibility index (Phi) is 11.4. The van der Waals surface area contributed by atoms with Gasteiger partial charge in [-0.2, -0.15) is 0 Å². The Morgan fingerprint density at radius 2 is 1.04 bits per heavy atom. The van der Waals surface area contributed by atoms with Gasteiger partial charge in [-0.15, -0.1) is 0 Å². The van der Waals surface area contributed by atoms with Crippen LogP contribution in [0.15, 0.2) is 199 Å². The van der Waals surface area contributed by atoms with E-state index in [1.807, 2.05) is 0 Å². The van der Waals surface area contributed by atoms with E-state index in [-0.39, 0.29) is 16.2 Å². The van der Waals surface area contributed by atoms with Crippen LogP contribution < -0.4 is 9.80 Å². The van der Waals surface area contributed by atoms with Gasteiger partial charge in [-0.1, -0.05) is 162 Å². The molecule has 4 aliphatic rings. The molecule has 0 spiro atoms. The highest BCUT2D eigenvalue weighted by molar-refractivity contribution is 5.88. The number of benzene rings is 7. The third-order valence-electron chi connectivity index (χ3n) is 17.2. The molecule has 344 valence electrons. The molecule has 4 aliphatic carbocycles. The standard InChI is InChI=1S/C67H66N2/c1-8-66(9-2)62-34-20-18-32-56(62)57-38-36-54(44-64(57)66)68(50-26-14-12-15-27-50)52-30-22-24-48(42-52)59-40-47(6)60(41-46(59)5)49-25-23-31-53(43-49)69(51-28-16-13-17-29-51)55-37-39-61-58-33-19-21-35-63(58)67(10-3,11-4)65(61,7)45-55/h12,14-16,18-44H,8-11,13,17,45H2,1-7H3. The maximum absolute atomic E-state index is 2.57. The minimum atomic E-state index is -0.0121. The summed E-state index contributed by atoms with van der Waals surface area (Å²) in [6.07, 6.45) is 19.5. The zero-order valence-electron chi connectivity index (χ0n) is 41.7. The lowest BCUT2D eigenvalue weighted by Crippen LogP contribution is -2.42. The molecule has 1 atom stereocenters. The first-order chi connectivity index (χ1) is 33.7. The van der Waals surface area contributed by atoms with Crippen molar-refractivity contribution in [2.24, 2.45) is 5.41 Å². The van der Waals surface area contributed by atoms with Crippen LogP contribution in [0.3, 0.4) is 0 Å². The Morgan fingerprint density at radius 1 is 0.464 bits per heavy atom. The fourth-order valence-electron chi connectivity index (χ4n) is 13.6. The average molecular weight is 899 g/mol. The van der Waals surface area contributed by atoms with Crippen molar-refractivity contribution in [1.29, 1.82) is 0 Å². The summed E-state index contributed by atoms with van der Waals surface area (Å²) in [5.41, 5.74) is 25.1. The Bertz CT molecular complexity index is 3240. The number of aryl methyl sites for hydroxylation is 2. The molecule has 2 heteroatoms. The van der Waals surface area contributed by atoms with Crippen molar-refractivity contribution in [2.45, 2.75) is 104 Å². The highest BCUT2D eigenvalue weighted by Gasteiger charge is 2.56. The molecule has 0 saturated heterocycles. The highest BCUT2D eigenvalue weighted by atomic mass is 15.2. The maximum atomic E-state index is 2.57. The Morgan fingerprint density at radius 3 is 1.68 bits per heavy atom. The van der Waals surface area contributed by atoms with Gasteiger partial charge in [0.15, 0.2) is 0 Å². The van der Waals surface area contributed by atoms with Crippen LogP contribution in [0.2, 0.25) is 0 Å². The van der Waals surface area contributed by atoms with E-state index >= 15 is 0 Å². The number of para-hydroxylation sites is 1. The predicted molar refractivity (Wildman–Crippen MR) is 295 cm³/mol. The fourth-order valence-corrected chi connectivity index (χ4v) is 13.6. The minimum Gasteiger partial charge on any atom is -0.315 e. The van der Waals surface area contributed by atoms with Crippen molar-refractivity contribution in [1.82, 2.24) is 0 Å². The molecule has 7 aromatic carbocycles. The highest BCUT2D eigenvalue weighted by Crippen LogP contribution is 2.65. The van der Waals surface area contributed by atoms with E-state index in [9.17, 15) is 0 Å². The van der Waals surface area contributed by atoms with Crippen LogP contribution in [0.4, 0.5) is 22.7 Å². The van der Waals surface area contributed by atoms with E-state index in [0.717, 1.165) is 56.3 Å². The van der Waals surface area contributed by atoms with Crippen molar-refractivity contribution < 1.29 is 0 Å². The van der Waals surface area contributed by atoms with Crippen LogP contribution in [0.25, 0.3) is 39.0 Å². The lowest BCUT2D eigenvalue weighted by Gasteiger charge is -2.48. The molecule has 0 fully saturated rings. The quantitative estimate of drug-likeness (QED) is 0.121. The van der Waals surface area contributed by atoms with Gasteiger partial charge >= 0.3 is 0 Å². The number of nitrogens with zero attached hydrogens (tertiary/aromatic N) is 2. The predicted octanol–water partition coefficient (Wildman–Crippen LogP) is 18.7. The van der Waals surface area contributed by atoms with Gasteiger partial charge < -0.3 is 9.80 Å². The summed E-state index contributed by atoms with van der Waals surface area (Å²) < 4.78 is 0. The van der Waals surface area contributed by atoms with Crippen LogP contribution >= 0.6 is 0 Å². The van der Waals surface area contributed by atoms with Crippen LogP contribution in [0, 0.1) is 19.3 Å². The van der Waals surface area contributed by atoms with E-state index in [1.165, 1.54) is 95.1 Å². The second kappa shape index (κ2) is 17.6. The molecule has 7 aromatic rings. The summed E-state index contributed by atoms with van der Waals surface area (Å²) in [6, 6.07) is 59.7. The minimum absolute atomic E-state index is 0.00345. The van der Waals surface area contributed by atoms with Gasteiger partial charge in [-0.3, -0.25) is 0 Å². The normalized spacial score (nSPS) is 18.0. The monoisotopic (exact) mass is 899 g/mol. The van der Waals surface area contributed by atoms with Crippen LogP contribution in [0.5, 0.6) is 0 Å². The Labute approximate surface area is 412 Å². The van der Waals surface area contributed by atoms with Crippen molar-refractivity contribution >= 4 is 28.3 Å². The largest absolute Gasteiger partial charge is 0.315 e. The molecule has 0 radical (unpaired) electrons. The van der Waals surface area contributed by atoms with Crippen molar-refractivity contribution in [2.75, 3.05) is 9.80 Å². The topological polar surface area (TPSA) is 6.48 Å². The first-order valence-electron chi connectivity index (χ1n) is 25.8. The molecular weight excluding hydrogens is 833 g/mol. The van der Waals surface area contributed by atoms with Crippen LogP contribution in [-0.2, 0) is 10.8 Å². The van der Waals surface area contributed by atoms with Crippen molar-refractivity contribution in [3.63, 3.8) is 0 Å². The SMILES string of the molecule is CCC1(CC)c2ccccc2-c2ccc(N(c3ccccc3)c3cccc(-c4cc(C)c(-c5cccc(N(C6=CCCC=C6)C6=CC=C7c8ccccc8C(CC)(CC)C7(C)C6)c5)cc4C)c3)cc21. The Balaban J connectivity index is 0.955. The molecule has 0 heterocycles. The summed E-state index contributed by atoms with van der Waals surface area (Å²) >= 11 is 0. The van der Waals surface area contributed by atoms with E-state index in [1.54, 1.807) is 0 Å². The van der Waals surface area contributed by atoms with E-state index in [2.05, 4.69) is 246 Å². The molecule has 0 bridgehead atoms. The number of hydrogen-bond acceptors (Lipinski definition) is 2. The lowest BCUT2D eigenvalue weighted by molar-refractivity contribution is 0.202. The van der Waals surface area contributed by atoms with Crippen LogP contribution in [0.1, 0.15) is 113 Å². The van der Waals surface area contributed by atoms with Gasteiger partial charge in [0.25, 0.3) is 0 Å². The number of anilines is 4. The van der Waals surface area contributed by atoms with E-state index < -0.39 is 0 Å². The van der Waals surface area contributed by atoms with Crippen molar-refractivity contribution in [3.05, 3.63) is 233 Å². The summed E-state index contributed by atoms with van der Waals surface area (Å²) in [7, 11) is 0. The second-order valence-corrected chi connectivity index (χ2v) is 20.3. The molecule has 0 N–H and O–H groups in total. The van der Waals surface area contributed by atoms with Gasteiger partial charge in [0.05, 0.1) is 0 Å². The van der Waals surface area contributed by atoms with Gasteiger partial charge in [0.1, 0.15) is 0 Å². The maximum Gasteiger partial charge on any atom is 0.0467 e. The fraction of sp³-hybridized carbons (Fsp3) is 0.254. The zero-order chi connectivity index (χ0) is 47.5. The molecule has 0 saturated carbocycles. The number of hydrogen-bond donors (Lipinski definition) is 0. The first-order valence-corrected chi connectivity index (χ1v) is 25.8.